The van der Waals surface area contributed by atoms with E-state index in [1.165, 1.54) is 12.8 Å². The van der Waals surface area contributed by atoms with Crippen LogP contribution in [-0.4, -0.2) is 48.6 Å². The normalized spacial score (nSPS) is 29.7. The Morgan fingerprint density at radius 3 is 2.53 bits per heavy atom. The van der Waals surface area contributed by atoms with Gasteiger partial charge in [-0.1, -0.05) is 38.8 Å². The van der Waals surface area contributed by atoms with Gasteiger partial charge in [-0.15, -0.1) is 0 Å². The highest BCUT2D eigenvalue weighted by atomic mass is 16.5. The largest absolute Gasteiger partial charge is 0.487 e. The minimum absolute atomic E-state index is 0.00869. The third-order valence-electron chi connectivity index (χ3n) is 7.33. The van der Waals surface area contributed by atoms with Crippen LogP contribution in [0.1, 0.15) is 52.9 Å². The van der Waals surface area contributed by atoms with Crippen molar-refractivity contribution in [2.75, 3.05) is 24.5 Å². The van der Waals surface area contributed by atoms with Crippen LogP contribution in [0, 0.1) is 17.8 Å². The van der Waals surface area contributed by atoms with Crippen LogP contribution in [0.15, 0.2) is 24.3 Å². The standard InChI is InChI=1S/C24H35N3O3/c1-16-7-6-8-20(18(16)3)25-23(28)19-11-13-26(14-12-19)24(29)27-15-17(2)30-22-10-5-4-9-21(22)27/h4-5,9-10,16-20H,6-8,11-15H2,1-3H3,(H,25,28)/t16-,17-,18-,20-/m1/s1. The van der Waals surface area contributed by atoms with Crippen LogP contribution >= 0.6 is 0 Å². The second-order valence-corrected chi connectivity index (χ2v) is 9.43. The molecule has 1 aromatic carbocycles. The Bertz CT molecular complexity index is 775. The molecule has 3 aliphatic rings. The number of nitrogens with zero attached hydrogens (tertiary/aromatic N) is 2. The number of para-hydroxylation sites is 2. The number of hydrogen-bond donors (Lipinski definition) is 1. The number of ether oxygens (including phenoxy) is 1. The van der Waals surface area contributed by atoms with E-state index < -0.39 is 0 Å². The zero-order valence-corrected chi connectivity index (χ0v) is 18.5. The predicted molar refractivity (Wildman–Crippen MR) is 118 cm³/mol. The molecule has 6 nitrogen and oxygen atoms in total. The minimum Gasteiger partial charge on any atom is -0.487 e. The van der Waals surface area contributed by atoms with E-state index in [1.54, 1.807) is 0 Å². The Hall–Kier alpha value is -2.24. The SMILES string of the molecule is C[C@@H]1[C@H](C)CCC[C@H]1NC(=O)C1CCN(C(=O)N2C[C@@H](C)Oc3ccccc32)CC1. The average Bonchev–Trinajstić information content (AvgIpc) is 2.76. The van der Waals surface area contributed by atoms with Crippen LogP contribution in [0.4, 0.5) is 10.5 Å². The number of hydrogen-bond acceptors (Lipinski definition) is 3. The molecular weight excluding hydrogens is 378 g/mol. The molecule has 1 N–H and O–H groups in total. The van der Waals surface area contributed by atoms with Crippen molar-refractivity contribution < 1.29 is 14.3 Å². The number of carbonyl (C=O) groups excluding carboxylic acids is 2. The summed E-state index contributed by atoms with van der Waals surface area (Å²) in [6, 6.07) is 8.03. The Morgan fingerprint density at radius 2 is 1.77 bits per heavy atom. The second-order valence-electron chi connectivity index (χ2n) is 9.43. The third-order valence-corrected chi connectivity index (χ3v) is 7.33. The number of rotatable bonds is 2. The van der Waals surface area contributed by atoms with E-state index in [2.05, 4.69) is 19.2 Å². The number of benzene rings is 1. The number of amides is 3. The zero-order valence-electron chi connectivity index (χ0n) is 18.5. The van der Waals surface area contributed by atoms with Gasteiger partial charge >= 0.3 is 6.03 Å². The smallest absolute Gasteiger partial charge is 0.324 e. The number of likely N-dealkylation sites (tertiary alicyclic amines) is 1. The van der Waals surface area contributed by atoms with Crippen molar-refractivity contribution in [3.05, 3.63) is 24.3 Å². The first-order chi connectivity index (χ1) is 14.4. The summed E-state index contributed by atoms with van der Waals surface area (Å²) in [5, 5.41) is 3.33. The van der Waals surface area contributed by atoms with Crippen molar-refractivity contribution in [3.8, 4) is 5.75 Å². The molecule has 0 aromatic heterocycles. The molecule has 2 heterocycles. The molecule has 0 unspecified atom stereocenters. The predicted octanol–water partition coefficient (Wildman–Crippen LogP) is 4.05. The molecular formula is C24H35N3O3. The summed E-state index contributed by atoms with van der Waals surface area (Å²) < 4.78 is 5.87. The van der Waals surface area contributed by atoms with Gasteiger partial charge < -0.3 is 15.0 Å². The number of fused-ring (bicyclic) bond motifs is 1. The number of carbonyl (C=O) groups is 2. The number of piperidine rings is 1. The quantitative estimate of drug-likeness (QED) is 0.796. The zero-order chi connectivity index (χ0) is 21.3. The average molecular weight is 414 g/mol. The molecule has 164 valence electrons. The maximum atomic E-state index is 13.2. The molecule has 4 rings (SSSR count). The van der Waals surface area contributed by atoms with Crippen molar-refractivity contribution in [3.63, 3.8) is 0 Å². The molecule has 1 aliphatic carbocycles. The summed E-state index contributed by atoms with van der Waals surface area (Å²) in [5.41, 5.74) is 0.834. The van der Waals surface area contributed by atoms with Gasteiger partial charge in [0.25, 0.3) is 0 Å². The molecule has 0 radical (unpaired) electrons. The summed E-state index contributed by atoms with van der Waals surface area (Å²) >= 11 is 0. The number of nitrogens with one attached hydrogen (secondary N) is 1. The first-order valence-corrected chi connectivity index (χ1v) is 11.6. The summed E-state index contributed by atoms with van der Waals surface area (Å²) in [7, 11) is 0. The van der Waals surface area contributed by atoms with E-state index in [4.69, 9.17) is 4.74 Å². The van der Waals surface area contributed by atoms with Crippen molar-refractivity contribution in [2.45, 2.75) is 65.0 Å². The summed E-state index contributed by atoms with van der Waals surface area (Å²) in [6.07, 6.45) is 4.97. The fourth-order valence-corrected chi connectivity index (χ4v) is 5.16. The van der Waals surface area contributed by atoms with E-state index in [9.17, 15) is 9.59 Å². The molecule has 2 aliphatic heterocycles. The first kappa shape index (κ1) is 21.0. The van der Waals surface area contributed by atoms with Gasteiger partial charge in [0.2, 0.25) is 5.91 Å². The molecule has 0 spiro atoms. The summed E-state index contributed by atoms with van der Waals surface area (Å²) in [4.78, 5) is 29.8. The highest BCUT2D eigenvalue weighted by molar-refractivity contribution is 5.94. The van der Waals surface area contributed by atoms with Crippen LogP contribution in [0.5, 0.6) is 5.75 Å². The van der Waals surface area contributed by atoms with Crippen LogP contribution in [-0.2, 0) is 4.79 Å². The fourth-order valence-electron chi connectivity index (χ4n) is 5.16. The lowest BCUT2D eigenvalue weighted by atomic mass is 9.78. The molecule has 2 fully saturated rings. The Labute approximate surface area is 179 Å². The van der Waals surface area contributed by atoms with Crippen LogP contribution in [0.2, 0.25) is 0 Å². The third kappa shape index (κ3) is 4.28. The molecule has 4 atom stereocenters. The molecule has 0 bridgehead atoms. The molecule has 1 saturated carbocycles. The van der Waals surface area contributed by atoms with Gasteiger partial charge in [0, 0.05) is 25.0 Å². The second kappa shape index (κ2) is 8.86. The fraction of sp³-hybridized carbons (Fsp3) is 0.667. The molecule has 3 amide bonds. The summed E-state index contributed by atoms with van der Waals surface area (Å²) in [6.45, 7) is 8.34. The monoisotopic (exact) mass is 413 g/mol. The van der Waals surface area contributed by atoms with Crippen LogP contribution in [0.25, 0.3) is 0 Å². The maximum absolute atomic E-state index is 13.2. The van der Waals surface area contributed by atoms with Gasteiger partial charge in [-0.2, -0.15) is 0 Å². The van der Waals surface area contributed by atoms with Gasteiger partial charge in [-0.25, -0.2) is 4.79 Å². The lowest BCUT2D eigenvalue weighted by Crippen LogP contribution is -2.53. The lowest BCUT2D eigenvalue weighted by molar-refractivity contribution is -0.127. The van der Waals surface area contributed by atoms with E-state index in [-0.39, 0.29) is 24.0 Å². The molecule has 1 aromatic rings. The van der Waals surface area contributed by atoms with Gasteiger partial charge in [0.15, 0.2) is 0 Å². The van der Waals surface area contributed by atoms with Gasteiger partial charge in [0.1, 0.15) is 11.9 Å². The van der Waals surface area contributed by atoms with Crippen LogP contribution < -0.4 is 15.0 Å². The Balaban J connectivity index is 1.33. The van der Waals surface area contributed by atoms with Crippen molar-refractivity contribution in [2.24, 2.45) is 17.8 Å². The van der Waals surface area contributed by atoms with Gasteiger partial charge in [0.05, 0.1) is 12.2 Å². The van der Waals surface area contributed by atoms with Crippen molar-refractivity contribution in [1.29, 1.82) is 0 Å². The minimum atomic E-state index is -0.0351. The molecule has 1 saturated heterocycles. The number of urea groups is 1. The van der Waals surface area contributed by atoms with Crippen molar-refractivity contribution in [1.82, 2.24) is 10.2 Å². The van der Waals surface area contributed by atoms with Crippen molar-refractivity contribution >= 4 is 17.6 Å². The summed E-state index contributed by atoms with van der Waals surface area (Å²) in [5.74, 6) is 2.15. The molecule has 6 heteroatoms. The topological polar surface area (TPSA) is 61.9 Å². The highest BCUT2D eigenvalue weighted by Crippen LogP contribution is 2.34. The highest BCUT2D eigenvalue weighted by Gasteiger charge is 2.35. The van der Waals surface area contributed by atoms with Crippen LogP contribution in [0.3, 0.4) is 0 Å². The maximum Gasteiger partial charge on any atom is 0.324 e. The lowest BCUT2D eigenvalue weighted by Gasteiger charge is -2.39. The molecule has 30 heavy (non-hydrogen) atoms. The van der Waals surface area contributed by atoms with E-state index in [0.29, 0.717) is 37.5 Å². The van der Waals surface area contributed by atoms with E-state index >= 15 is 0 Å². The Kier molecular flexibility index (Phi) is 6.21. The van der Waals surface area contributed by atoms with Gasteiger partial charge in [-0.05, 0) is 50.2 Å². The van der Waals surface area contributed by atoms with E-state index in [0.717, 1.165) is 30.7 Å². The number of anilines is 1. The first-order valence-electron chi connectivity index (χ1n) is 11.6. The Morgan fingerprint density at radius 1 is 1.03 bits per heavy atom. The van der Waals surface area contributed by atoms with Gasteiger partial charge in [-0.3, -0.25) is 9.69 Å². The van der Waals surface area contributed by atoms with E-state index in [1.807, 2.05) is 41.0 Å².